The summed E-state index contributed by atoms with van der Waals surface area (Å²) >= 11 is 0. The molecule has 27 heavy (non-hydrogen) atoms. The van der Waals surface area contributed by atoms with Gasteiger partial charge in [0, 0.05) is 18.2 Å². The summed E-state index contributed by atoms with van der Waals surface area (Å²) in [4.78, 5) is 12.5. The van der Waals surface area contributed by atoms with E-state index in [4.69, 9.17) is 18.9 Å². The number of carbonyl (C=O) groups is 1. The third-order valence-corrected chi connectivity index (χ3v) is 5.06. The number of benzene rings is 1. The number of fused-ring (bicyclic) bond motifs is 1. The normalized spacial score (nSPS) is 17.2. The van der Waals surface area contributed by atoms with Gasteiger partial charge in [0.15, 0.2) is 17.3 Å². The summed E-state index contributed by atoms with van der Waals surface area (Å²) in [6, 6.07) is 5.39. The Kier molecular flexibility index (Phi) is 7.35. The van der Waals surface area contributed by atoms with E-state index in [2.05, 4.69) is 12.2 Å². The number of rotatable bonds is 11. The Labute approximate surface area is 161 Å². The lowest BCUT2D eigenvalue weighted by atomic mass is 10.0. The van der Waals surface area contributed by atoms with Crippen LogP contribution in [-0.4, -0.2) is 31.7 Å². The summed E-state index contributed by atoms with van der Waals surface area (Å²) in [6.45, 7) is 3.55. The zero-order chi connectivity index (χ0) is 19.0. The fourth-order valence-electron chi connectivity index (χ4n) is 3.61. The molecular formula is C21H31NO5. The van der Waals surface area contributed by atoms with Crippen LogP contribution in [0.2, 0.25) is 0 Å². The van der Waals surface area contributed by atoms with Gasteiger partial charge in [0.05, 0.1) is 19.6 Å². The van der Waals surface area contributed by atoms with Crippen molar-refractivity contribution in [3.63, 3.8) is 0 Å². The Morgan fingerprint density at radius 3 is 2.48 bits per heavy atom. The average molecular weight is 377 g/mol. The molecule has 1 N–H and O–H groups in total. The Morgan fingerprint density at radius 1 is 1.00 bits per heavy atom. The van der Waals surface area contributed by atoms with Gasteiger partial charge in [0.1, 0.15) is 0 Å². The van der Waals surface area contributed by atoms with Crippen molar-refractivity contribution in [1.82, 2.24) is 0 Å². The molecule has 0 aromatic heterocycles. The lowest BCUT2D eigenvalue weighted by Crippen LogP contribution is -2.35. The molecule has 0 spiro atoms. The van der Waals surface area contributed by atoms with Gasteiger partial charge in [0.25, 0.3) is 0 Å². The van der Waals surface area contributed by atoms with Crippen LogP contribution < -0.4 is 14.8 Å². The minimum atomic E-state index is -0.774. The summed E-state index contributed by atoms with van der Waals surface area (Å²) in [5, 5.41) is 2.91. The van der Waals surface area contributed by atoms with Crippen LogP contribution in [0.4, 0.5) is 5.69 Å². The molecule has 0 radical (unpaired) electrons. The number of nitrogens with one attached hydrogen (secondary N) is 1. The van der Waals surface area contributed by atoms with Gasteiger partial charge in [-0.1, -0.05) is 45.4 Å². The molecule has 3 rings (SSSR count). The fraction of sp³-hybridized carbons (Fsp3) is 0.667. The topological polar surface area (TPSA) is 66.0 Å². The fourth-order valence-corrected chi connectivity index (χ4v) is 3.61. The number of carbonyl (C=O) groups excluding carboxylic acids is 1. The van der Waals surface area contributed by atoms with Gasteiger partial charge in [-0.3, -0.25) is 4.79 Å². The molecule has 1 fully saturated rings. The maximum atomic E-state index is 12.5. The van der Waals surface area contributed by atoms with Crippen molar-refractivity contribution < 1.29 is 23.7 Å². The van der Waals surface area contributed by atoms with Crippen molar-refractivity contribution in [3.8, 4) is 11.5 Å². The second kappa shape index (κ2) is 9.95. The van der Waals surface area contributed by atoms with Crippen LogP contribution in [0.3, 0.4) is 0 Å². The maximum Gasteiger partial charge on any atom is 0.231 e. The van der Waals surface area contributed by atoms with Gasteiger partial charge in [0.2, 0.25) is 12.7 Å². The second-order valence-corrected chi connectivity index (χ2v) is 7.27. The highest BCUT2D eigenvalue weighted by molar-refractivity contribution is 5.91. The number of hydrogen-bond acceptors (Lipinski definition) is 5. The van der Waals surface area contributed by atoms with Crippen molar-refractivity contribution in [1.29, 1.82) is 0 Å². The van der Waals surface area contributed by atoms with Crippen LogP contribution in [-0.2, 0) is 14.3 Å². The molecule has 1 saturated heterocycles. The molecule has 0 unspecified atom stereocenters. The highest BCUT2D eigenvalue weighted by Gasteiger charge is 2.38. The van der Waals surface area contributed by atoms with Gasteiger partial charge >= 0.3 is 0 Å². The van der Waals surface area contributed by atoms with Crippen molar-refractivity contribution in [2.45, 2.75) is 70.5 Å². The van der Waals surface area contributed by atoms with Crippen molar-refractivity contribution in [2.75, 3.05) is 25.3 Å². The molecular weight excluding hydrogens is 346 g/mol. The van der Waals surface area contributed by atoms with Crippen molar-refractivity contribution in [3.05, 3.63) is 18.2 Å². The van der Waals surface area contributed by atoms with Gasteiger partial charge in [-0.15, -0.1) is 0 Å². The molecule has 1 amide bonds. The Bertz CT molecular complexity index is 613. The van der Waals surface area contributed by atoms with E-state index in [-0.39, 0.29) is 19.1 Å². The lowest BCUT2D eigenvalue weighted by molar-refractivity contribution is -0.172. The number of amides is 1. The van der Waals surface area contributed by atoms with Gasteiger partial charge in [-0.2, -0.15) is 0 Å². The number of hydrogen-bond donors (Lipinski definition) is 1. The van der Waals surface area contributed by atoms with Crippen molar-refractivity contribution >= 4 is 11.6 Å². The molecule has 1 aromatic carbocycles. The molecule has 1 aromatic rings. The first-order chi connectivity index (χ1) is 13.2. The molecule has 6 heteroatoms. The van der Waals surface area contributed by atoms with E-state index >= 15 is 0 Å². The third-order valence-electron chi connectivity index (χ3n) is 5.06. The van der Waals surface area contributed by atoms with Crippen LogP contribution in [0, 0.1) is 0 Å². The maximum absolute atomic E-state index is 12.5. The van der Waals surface area contributed by atoms with Crippen molar-refractivity contribution in [2.24, 2.45) is 0 Å². The lowest BCUT2D eigenvalue weighted by Gasteiger charge is -2.27. The highest BCUT2D eigenvalue weighted by Crippen LogP contribution is 2.35. The van der Waals surface area contributed by atoms with Crippen LogP contribution >= 0.6 is 0 Å². The monoisotopic (exact) mass is 377 g/mol. The minimum absolute atomic E-state index is 0.112. The molecule has 0 aliphatic carbocycles. The summed E-state index contributed by atoms with van der Waals surface area (Å²) in [5.74, 6) is 0.465. The number of ether oxygens (including phenoxy) is 4. The molecule has 2 aliphatic rings. The summed E-state index contributed by atoms with van der Waals surface area (Å²) < 4.78 is 22.3. The molecule has 2 heterocycles. The van der Waals surface area contributed by atoms with E-state index in [9.17, 15) is 4.79 Å². The van der Waals surface area contributed by atoms with Gasteiger partial charge in [-0.25, -0.2) is 0 Å². The number of anilines is 1. The highest BCUT2D eigenvalue weighted by atomic mass is 16.7. The van der Waals surface area contributed by atoms with Gasteiger partial charge < -0.3 is 24.3 Å². The van der Waals surface area contributed by atoms with E-state index < -0.39 is 5.79 Å². The zero-order valence-electron chi connectivity index (χ0n) is 16.3. The standard InChI is InChI=1S/C21H31NO5/c1-2-3-4-5-6-7-8-11-21(26-12-13-27-21)15-20(23)22-17-9-10-18-19(14-17)25-16-24-18/h9-10,14H,2-8,11-13,15-16H2,1H3,(H,22,23). The van der Waals surface area contributed by atoms with Crippen LogP contribution in [0.15, 0.2) is 18.2 Å². The van der Waals surface area contributed by atoms with Gasteiger partial charge in [-0.05, 0) is 18.6 Å². The van der Waals surface area contributed by atoms with E-state index in [1.807, 2.05) is 6.07 Å². The summed E-state index contributed by atoms with van der Waals surface area (Å²) in [5.41, 5.74) is 0.688. The molecule has 0 saturated carbocycles. The first-order valence-electron chi connectivity index (χ1n) is 10.2. The second-order valence-electron chi connectivity index (χ2n) is 7.27. The zero-order valence-corrected chi connectivity index (χ0v) is 16.3. The summed E-state index contributed by atoms with van der Waals surface area (Å²) in [6.07, 6.45) is 9.55. The summed E-state index contributed by atoms with van der Waals surface area (Å²) in [7, 11) is 0. The SMILES string of the molecule is CCCCCCCCCC1(CC(=O)Nc2ccc3c(c2)OCO3)OCCO1. The minimum Gasteiger partial charge on any atom is -0.454 e. The van der Waals surface area contributed by atoms with Crippen LogP contribution in [0.5, 0.6) is 11.5 Å². The molecule has 150 valence electrons. The molecule has 2 aliphatic heterocycles. The van der Waals surface area contributed by atoms with E-state index in [0.717, 1.165) is 19.3 Å². The Hall–Kier alpha value is -1.79. The predicted molar refractivity (Wildman–Crippen MR) is 103 cm³/mol. The van der Waals surface area contributed by atoms with Crippen LogP contribution in [0.1, 0.15) is 64.7 Å². The Balaban J connectivity index is 1.44. The van der Waals surface area contributed by atoms with Crippen LogP contribution in [0.25, 0.3) is 0 Å². The first kappa shape index (κ1) is 20.0. The molecule has 6 nitrogen and oxygen atoms in total. The predicted octanol–water partition coefficient (Wildman–Crippen LogP) is 4.63. The smallest absolute Gasteiger partial charge is 0.231 e. The Morgan fingerprint density at radius 2 is 1.70 bits per heavy atom. The molecule has 0 atom stereocenters. The molecule has 0 bridgehead atoms. The number of unbranched alkanes of at least 4 members (excludes halogenated alkanes) is 6. The third kappa shape index (κ3) is 5.84. The van der Waals surface area contributed by atoms with E-state index in [1.165, 1.54) is 32.1 Å². The largest absolute Gasteiger partial charge is 0.454 e. The van der Waals surface area contributed by atoms with E-state index in [0.29, 0.717) is 30.4 Å². The van der Waals surface area contributed by atoms with E-state index in [1.54, 1.807) is 12.1 Å². The first-order valence-corrected chi connectivity index (χ1v) is 10.2. The quantitative estimate of drug-likeness (QED) is 0.570. The average Bonchev–Trinajstić information content (AvgIpc) is 3.30.